The van der Waals surface area contributed by atoms with Gasteiger partial charge in [0.25, 0.3) is 0 Å². The molecular weight excluding hydrogens is 321 g/mol. The van der Waals surface area contributed by atoms with Gasteiger partial charge in [-0.15, -0.1) is 0 Å². The van der Waals surface area contributed by atoms with E-state index in [9.17, 15) is 9.18 Å². The lowest BCUT2D eigenvalue weighted by Crippen LogP contribution is -2.51. The average Bonchev–Trinajstić information content (AvgIpc) is 3.18. The second kappa shape index (κ2) is 9.04. The molecule has 2 aliphatic rings. The van der Waals surface area contributed by atoms with E-state index in [0.29, 0.717) is 13.0 Å². The van der Waals surface area contributed by atoms with E-state index in [0.717, 1.165) is 57.6 Å². The van der Waals surface area contributed by atoms with Crippen molar-refractivity contribution >= 4 is 6.03 Å². The van der Waals surface area contributed by atoms with Gasteiger partial charge in [-0.3, -0.25) is 9.29 Å². The molecule has 0 spiro atoms. The Balaban J connectivity index is 1.60. The van der Waals surface area contributed by atoms with Crippen molar-refractivity contribution in [2.45, 2.75) is 44.7 Å². The minimum atomic E-state index is -0.264. The molecule has 1 fully saturated rings. The lowest BCUT2D eigenvalue weighted by atomic mass is 9.92. The maximum Gasteiger partial charge on any atom is 0.318 e. The summed E-state index contributed by atoms with van der Waals surface area (Å²) in [4.78, 5) is 17.0. The number of hydrogen-bond donors (Lipinski definition) is 1. The summed E-state index contributed by atoms with van der Waals surface area (Å²) in [5, 5.41) is 2.97. The molecule has 25 heavy (non-hydrogen) atoms. The largest absolute Gasteiger partial charge is 0.467 e. The molecule has 0 bridgehead atoms. The Labute approximate surface area is 148 Å². The number of piperidine rings is 1. The summed E-state index contributed by atoms with van der Waals surface area (Å²) in [5.74, 6) is 0.760. The van der Waals surface area contributed by atoms with Crippen molar-refractivity contribution in [3.63, 3.8) is 0 Å². The second-order valence-corrected chi connectivity index (χ2v) is 6.83. The third-order valence-electron chi connectivity index (χ3n) is 5.05. The molecule has 1 atom stereocenters. The van der Waals surface area contributed by atoms with Crippen LogP contribution >= 0.6 is 0 Å². The number of urea groups is 1. The minimum absolute atomic E-state index is 0.0251. The van der Waals surface area contributed by atoms with E-state index >= 15 is 0 Å². The number of furan rings is 1. The van der Waals surface area contributed by atoms with Gasteiger partial charge in [-0.05, 0) is 49.8 Å². The Morgan fingerprint density at radius 3 is 3.08 bits per heavy atom. The van der Waals surface area contributed by atoms with E-state index in [4.69, 9.17) is 4.42 Å². The first-order valence-electron chi connectivity index (χ1n) is 9.32. The van der Waals surface area contributed by atoms with Gasteiger partial charge in [0.15, 0.2) is 0 Å². The Morgan fingerprint density at radius 1 is 1.36 bits per heavy atom. The van der Waals surface area contributed by atoms with Crippen LogP contribution in [0, 0.1) is 0 Å². The second-order valence-electron chi connectivity index (χ2n) is 6.83. The molecule has 0 aromatic carbocycles. The van der Waals surface area contributed by atoms with Crippen molar-refractivity contribution in [2.75, 3.05) is 32.9 Å². The molecule has 2 amide bonds. The van der Waals surface area contributed by atoms with Crippen LogP contribution in [-0.4, -0.2) is 54.7 Å². The molecule has 0 aliphatic carbocycles. The van der Waals surface area contributed by atoms with Crippen molar-refractivity contribution in [1.82, 2.24) is 15.1 Å². The molecule has 2 aliphatic heterocycles. The molecule has 1 N–H and O–H groups in total. The van der Waals surface area contributed by atoms with Gasteiger partial charge in [0, 0.05) is 26.2 Å². The molecule has 1 saturated heterocycles. The first-order chi connectivity index (χ1) is 12.3. The zero-order chi connectivity index (χ0) is 17.5. The normalized spacial score (nSPS) is 21.9. The number of rotatable bonds is 6. The third-order valence-corrected chi connectivity index (χ3v) is 5.05. The molecule has 0 unspecified atom stereocenters. The van der Waals surface area contributed by atoms with E-state index in [-0.39, 0.29) is 18.7 Å². The van der Waals surface area contributed by atoms with Crippen molar-refractivity contribution in [3.8, 4) is 0 Å². The Morgan fingerprint density at radius 2 is 2.28 bits per heavy atom. The van der Waals surface area contributed by atoms with Crippen LogP contribution in [-0.2, 0) is 6.54 Å². The third kappa shape index (κ3) is 4.84. The van der Waals surface area contributed by atoms with Crippen LogP contribution in [0.25, 0.3) is 0 Å². The fourth-order valence-corrected chi connectivity index (χ4v) is 3.79. The standard InChI is InChI=1S/C19H28FN3O2/c20-9-5-11-22-10-3-6-16(15-22)18-8-1-2-12-23(18)19(24)21-14-17-7-4-13-25-17/h4,6-7,13,18H,1-3,5,8-12,14-15H2,(H,21,24)/t18-/m1/s1. The highest BCUT2D eigenvalue weighted by atomic mass is 19.1. The van der Waals surface area contributed by atoms with Gasteiger partial charge < -0.3 is 14.6 Å². The highest BCUT2D eigenvalue weighted by molar-refractivity contribution is 5.75. The fourth-order valence-electron chi connectivity index (χ4n) is 3.79. The summed E-state index contributed by atoms with van der Waals surface area (Å²) in [6.45, 7) is 3.58. The van der Waals surface area contributed by atoms with Gasteiger partial charge in [0.05, 0.1) is 25.5 Å². The summed E-state index contributed by atoms with van der Waals surface area (Å²) in [6, 6.07) is 3.83. The number of alkyl halides is 1. The Hall–Kier alpha value is -1.82. The predicted molar refractivity (Wildman–Crippen MR) is 95.0 cm³/mol. The Kier molecular flexibility index (Phi) is 6.50. The molecule has 138 valence electrons. The van der Waals surface area contributed by atoms with Gasteiger partial charge in [-0.25, -0.2) is 4.79 Å². The van der Waals surface area contributed by atoms with Crippen LogP contribution in [0.4, 0.5) is 9.18 Å². The van der Waals surface area contributed by atoms with Crippen LogP contribution in [0.1, 0.15) is 37.9 Å². The molecular formula is C19H28FN3O2. The topological polar surface area (TPSA) is 48.7 Å². The van der Waals surface area contributed by atoms with E-state index < -0.39 is 0 Å². The van der Waals surface area contributed by atoms with Crippen molar-refractivity contribution in [2.24, 2.45) is 0 Å². The first kappa shape index (κ1) is 18.0. The number of hydrogen-bond acceptors (Lipinski definition) is 3. The van der Waals surface area contributed by atoms with Gasteiger partial charge in [0.1, 0.15) is 5.76 Å². The molecule has 1 aromatic heterocycles. The van der Waals surface area contributed by atoms with Crippen LogP contribution in [0.2, 0.25) is 0 Å². The molecule has 0 radical (unpaired) electrons. The zero-order valence-corrected chi connectivity index (χ0v) is 14.8. The number of likely N-dealkylation sites (tertiary alicyclic amines) is 1. The van der Waals surface area contributed by atoms with Crippen LogP contribution < -0.4 is 5.32 Å². The number of nitrogens with one attached hydrogen (secondary N) is 1. The lowest BCUT2D eigenvalue weighted by Gasteiger charge is -2.40. The van der Waals surface area contributed by atoms with Crippen molar-refractivity contribution in [3.05, 3.63) is 35.8 Å². The zero-order valence-electron chi connectivity index (χ0n) is 14.8. The number of nitrogens with zero attached hydrogens (tertiary/aromatic N) is 2. The van der Waals surface area contributed by atoms with Crippen LogP contribution in [0.15, 0.2) is 34.5 Å². The smallest absolute Gasteiger partial charge is 0.318 e. The monoisotopic (exact) mass is 349 g/mol. The number of halogens is 1. The first-order valence-corrected chi connectivity index (χ1v) is 9.32. The van der Waals surface area contributed by atoms with E-state index in [2.05, 4.69) is 16.3 Å². The highest BCUT2D eigenvalue weighted by Crippen LogP contribution is 2.26. The average molecular weight is 349 g/mol. The summed E-state index contributed by atoms with van der Waals surface area (Å²) < 4.78 is 17.7. The van der Waals surface area contributed by atoms with Gasteiger partial charge in [-0.2, -0.15) is 0 Å². The van der Waals surface area contributed by atoms with Crippen molar-refractivity contribution in [1.29, 1.82) is 0 Å². The van der Waals surface area contributed by atoms with E-state index in [1.165, 1.54) is 5.57 Å². The fraction of sp³-hybridized carbons (Fsp3) is 0.632. The predicted octanol–water partition coefficient (Wildman–Crippen LogP) is 3.34. The number of amides is 2. The lowest BCUT2D eigenvalue weighted by molar-refractivity contribution is 0.155. The molecule has 3 heterocycles. The van der Waals surface area contributed by atoms with Crippen LogP contribution in [0.3, 0.4) is 0 Å². The summed E-state index contributed by atoms with van der Waals surface area (Å²) >= 11 is 0. The van der Waals surface area contributed by atoms with Crippen molar-refractivity contribution < 1.29 is 13.6 Å². The quantitative estimate of drug-likeness (QED) is 0.802. The molecule has 6 heteroatoms. The van der Waals surface area contributed by atoms with Gasteiger partial charge in [-0.1, -0.05) is 6.08 Å². The summed E-state index contributed by atoms with van der Waals surface area (Å²) in [5.41, 5.74) is 1.32. The van der Waals surface area contributed by atoms with Crippen LogP contribution in [0.5, 0.6) is 0 Å². The Bertz CT molecular complexity index is 573. The summed E-state index contributed by atoms with van der Waals surface area (Å²) in [7, 11) is 0. The van der Waals surface area contributed by atoms with Gasteiger partial charge >= 0.3 is 6.03 Å². The molecule has 3 rings (SSSR count). The SMILES string of the molecule is O=C(NCc1ccco1)N1CCCC[C@@H]1C1=CCCN(CCCF)C1. The summed E-state index contributed by atoms with van der Waals surface area (Å²) in [6.07, 6.45) is 8.68. The maximum atomic E-state index is 12.7. The molecule has 0 saturated carbocycles. The highest BCUT2D eigenvalue weighted by Gasteiger charge is 2.31. The molecule has 5 nitrogen and oxygen atoms in total. The van der Waals surface area contributed by atoms with Gasteiger partial charge in [0.2, 0.25) is 0 Å². The number of carbonyl (C=O) groups excluding carboxylic acids is 1. The maximum absolute atomic E-state index is 12.7. The molecule has 1 aromatic rings. The number of carbonyl (C=O) groups is 1. The van der Waals surface area contributed by atoms with E-state index in [1.54, 1.807) is 6.26 Å². The minimum Gasteiger partial charge on any atom is -0.467 e. The van der Waals surface area contributed by atoms with E-state index in [1.807, 2.05) is 17.0 Å².